The lowest BCUT2D eigenvalue weighted by Crippen LogP contribution is -2.14. The lowest BCUT2D eigenvalue weighted by atomic mass is 10.1. The minimum atomic E-state index is -0.329. The maximum absolute atomic E-state index is 12.5. The zero-order valence-electron chi connectivity index (χ0n) is 13.8. The number of amides is 1. The van der Waals surface area contributed by atoms with Crippen LogP contribution in [0.4, 0.5) is 5.13 Å². The van der Waals surface area contributed by atoms with E-state index < -0.39 is 0 Å². The Morgan fingerprint density at radius 1 is 1.26 bits per heavy atom. The van der Waals surface area contributed by atoms with E-state index in [4.69, 9.17) is 9.47 Å². The van der Waals surface area contributed by atoms with Crippen molar-refractivity contribution in [1.82, 2.24) is 10.2 Å². The number of anilines is 1. The summed E-state index contributed by atoms with van der Waals surface area (Å²) in [6, 6.07) is 5.20. The second-order valence-corrected chi connectivity index (χ2v) is 6.14. The molecule has 0 saturated heterocycles. The third-order valence-corrected chi connectivity index (χ3v) is 4.53. The monoisotopic (exact) mass is 335 g/mol. The first-order chi connectivity index (χ1) is 11.1. The van der Waals surface area contributed by atoms with Gasteiger partial charge in [-0.3, -0.25) is 10.1 Å². The van der Waals surface area contributed by atoms with E-state index in [0.29, 0.717) is 28.1 Å². The third-order valence-electron chi connectivity index (χ3n) is 3.46. The third kappa shape index (κ3) is 3.98. The fraction of sp³-hybridized carbons (Fsp3) is 0.438. The minimum absolute atomic E-state index is 0.329. The van der Waals surface area contributed by atoms with Crippen molar-refractivity contribution in [1.29, 1.82) is 0 Å². The largest absolute Gasteiger partial charge is 0.496 e. The lowest BCUT2D eigenvalue weighted by Gasteiger charge is -2.11. The number of carbonyl (C=O) groups is 1. The Morgan fingerprint density at radius 3 is 2.48 bits per heavy atom. The van der Waals surface area contributed by atoms with Crippen molar-refractivity contribution < 1.29 is 14.3 Å². The topological polar surface area (TPSA) is 73.3 Å². The fourth-order valence-corrected chi connectivity index (χ4v) is 3.10. The zero-order chi connectivity index (χ0) is 16.8. The number of aromatic nitrogens is 2. The Kier molecular flexibility index (Phi) is 5.92. The van der Waals surface area contributed by atoms with Crippen LogP contribution in [-0.2, 0) is 0 Å². The molecular formula is C16H21N3O3S. The molecule has 0 fully saturated rings. The summed E-state index contributed by atoms with van der Waals surface area (Å²) in [6.07, 6.45) is 2.13. The van der Waals surface area contributed by atoms with Crippen LogP contribution in [0.25, 0.3) is 0 Å². The first kappa shape index (κ1) is 17.2. The summed E-state index contributed by atoms with van der Waals surface area (Å²) >= 11 is 1.40. The van der Waals surface area contributed by atoms with Crippen LogP contribution in [0.3, 0.4) is 0 Å². The normalized spacial score (nSPS) is 11.8. The summed E-state index contributed by atoms with van der Waals surface area (Å²) in [5, 5.41) is 12.4. The zero-order valence-corrected chi connectivity index (χ0v) is 14.6. The predicted octanol–water partition coefficient (Wildman–Crippen LogP) is 3.71. The molecule has 1 aromatic heterocycles. The molecule has 23 heavy (non-hydrogen) atoms. The van der Waals surface area contributed by atoms with Crippen LogP contribution < -0.4 is 14.8 Å². The van der Waals surface area contributed by atoms with Crippen LogP contribution in [0.15, 0.2) is 18.2 Å². The van der Waals surface area contributed by atoms with Crippen LogP contribution in [0.1, 0.15) is 48.0 Å². The van der Waals surface area contributed by atoms with Crippen molar-refractivity contribution in [3.8, 4) is 11.5 Å². The highest BCUT2D eigenvalue weighted by atomic mass is 32.1. The number of nitrogens with zero attached hydrogens (tertiary/aromatic N) is 2. The van der Waals surface area contributed by atoms with E-state index >= 15 is 0 Å². The molecule has 0 aliphatic rings. The Morgan fingerprint density at radius 2 is 1.91 bits per heavy atom. The van der Waals surface area contributed by atoms with Crippen LogP contribution in [0.5, 0.6) is 11.5 Å². The van der Waals surface area contributed by atoms with Crippen molar-refractivity contribution in [2.75, 3.05) is 19.5 Å². The maximum atomic E-state index is 12.5. The second-order valence-electron chi connectivity index (χ2n) is 5.13. The van der Waals surface area contributed by atoms with Gasteiger partial charge in [0.1, 0.15) is 22.1 Å². The first-order valence-corrected chi connectivity index (χ1v) is 8.28. The van der Waals surface area contributed by atoms with E-state index in [9.17, 15) is 4.79 Å². The van der Waals surface area contributed by atoms with Crippen LogP contribution >= 0.6 is 11.3 Å². The number of nitrogens with one attached hydrogen (secondary N) is 1. The Bertz CT molecular complexity index is 650. The van der Waals surface area contributed by atoms with Gasteiger partial charge >= 0.3 is 0 Å². The molecule has 6 nitrogen and oxygen atoms in total. The molecule has 124 valence electrons. The van der Waals surface area contributed by atoms with Gasteiger partial charge in [0.05, 0.1) is 14.2 Å². The second kappa shape index (κ2) is 7.92. The SMILES string of the molecule is CCC[C@H](C)c1nnc(NC(=O)c2c(OC)cccc2OC)s1. The number of hydrogen-bond donors (Lipinski definition) is 1. The van der Waals surface area contributed by atoms with Gasteiger partial charge < -0.3 is 9.47 Å². The van der Waals surface area contributed by atoms with E-state index in [2.05, 4.69) is 29.4 Å². The Balaban J connectivity index is 2.20. The molecule has 1 atom stereocenters. The van der Waals surface area contributed by atoms with Gasteiger partial charge in [0, 0.05) is 5.92 Å². The van der Waals surface area contributed by atoms with E-state index in [-0.39, 0.29) is 5.91 Å². The number of carbonyl (C=O) groups excluding carboxylic acids is 1. The molecule has 0 spiro atoms. The Hall–Kier alpha value is -2.15. The van der Waals surface area contributed by atoms with E-state index in [1.54, 1.807) is 18.2 Å². The number of hydrogen-bond acceptors (Lipinski definition) is 6. The standard InChI is InChI=1S/C16H21N3O3S/c1-5-7-10(2)15-18-19-16(23-15)17-14(20)13-11(21-3)8-6-9-12(13)22-4/h6,8-10H,5,7H2,1-4H3,(H,17,19,20)/t10-/m0/s1. The number of methoxy groups -OCH3 is 2. The molecule has 0 saturated carbocycles. The highest BCUT2D eigenvalue weighted by molar-refractivity contribution is 7.15. The van der Waals surface area contributed by atoms with Crippen molar-refractivity contribution in [3.05, 3.63) is 28.8 Å². The number of rotatable bonds is 7. The average Bonchev–Trinajstić information content (AvgIpc) is 3.02. The van der Waals surface area contributed by atoms with Crippen molar-refractivity contribution in [3.63, 3.8) is 0 Å². The molecule has 0 bridgehead atoms. The summed E-state index contributed by atoms with van der Waals surface area (Å²) in [5.41, 5.74) is 0.343. The number of ether oxygens (including phenoxy) is 2. The number of benzene rings is 1. The van der Waals surface area contributed by atoms with Crippen LogP contribution in [-0.4, -0.2) is 30.3 Å². The first-order valence-electron chi connectivity index (χ1n) is 7.46. The summed E-state index contributed by atoms with van der Waals surface area (Å²) in [7, 11) is 3.03. The van der Waals surface area contributed by atoms with Crippen LogP contribution in [0.2, 0.25) is 0 Å². The van der Waals surface area contributed by atoms with E-state index in [1.165, 1.54) is 25.6 Å². The van der Waals surface area contributed by atoms with E-state index in [1.807, 2.05) is 0 Å². The summed E-state index contributed by atoms with van der Waals surface area (Å²) < 4.78 is 10.5. The van der Waals surface area contributed by atoms with Gasteiger partial charge in [-0.2, -0.15) is 0 Å². The highest BCUT2D eigenvalue weighted by Gasteiger charge is 2.20. The predicted molar refractivity (Wildman–Crippen MR) is 90.7 cm³/mol. The molecule has 0 aliphatic heterocycles. The molecule has 1 aromatic carbocycles. The summed E-state index contributed by atoms with van der Waals surface area (Å²) in [5.74, 6) is 0.908. The molecule has 1 amide bonds. The van der Waals surface area contributed by atoms with Gasteiger partial charge in [-0.1, -0.05) is 37.7 Å². The van der Waals surface area contributed by atoms with Crippen LogP contribution in [0, 0.1) is 0 Å². The molecule has 0 unspecified atom stereocenters. The minimum Gasteiger partial charge on any atom is -0.496 e. The fourth-order valence-electron chi connectivity index (χ4n) is 2.28. The van der Waals surface area contributed by atoms with Gasteiger partial charge in [-0.15, -0.1) is 10.2 Å². The molecule has 0 radical (unpaired) electrons. The molecule has 1 N–H and O–H groups in total. The van der Waals surface area contributed by atoms with E-state index in [0.717, 1.165) is 17.8 Å². The van der Waals surface area contributed by atoms with Gasteiger partial charge in [-0.25, -0.2) is 0 Å². The molecule has 2 aromatic rings. The quantitative estimate of drug-likeness (QED) is 0.835. The van der Waals surface area contributed by atoms with Crippen molar-refractivity contribution in [2.45, 2.75) is 32.6 Å². The Labute approximate surface area is 139 Å². The average molecular weight is 335 g/mol. The molecule has 0 aliphatic carbocycles. The smallest absolute Gasteiger partial charge is 0.265 e. The molecular weight excluding hydrogens is 314 g/mol. The van der Waals surface area contributed by atoms with Crippen molar-refractivity contribution >= 4 is 22.4 Å². The van der Waals surface area contributed by atoms with Crippen molar-refractivity contribution in [2.24, 2.45) is 0 Å². The molecule has 7 heteroatoms. The highest BCUT2D eigenvalue weighted by Crippen LogP contribution is 2.30. The summed E-state index contributed by atoms with van der Waals surface area (Å²) in [4.78, 5) is 12.5. The van der Waals surface area contributed by atoms with Gasteiger partial charge in [0.25, 0.3) is 5.91 Å². The lowest BCUT2D eigenvalue weighted by molar-refractivity contribution is 0.102. The van der Waals surface area contributed by atoms with Gasteiger partial charge in [-0.05, 0) is 18.6 Å². The summed E-state index contributed by atoms with van der Waals surface area (Å²) in [6.45, 7) is 4.24. The molecule has 2 rings (SSSR count). The van der Waals surface area contributed by atoms with Gasteiger partial charge in [0.15, 0.2) is 0 Å². The van der Waals surface area contributed by atoms with Gasteiger partial charge in [0.2, 0.25) is 5.13 Å². The maximum Gasteiger partial charge on any atom is 0.265 e. The molecule has 1 heterocycles.